The quantitative estimate of drug-likeness (QED) is 0.303. The highest BCUT2D eigenvalue weighted by Gasteiger charge is 2.29. The van der Waals surface area contributed by atoms with Gasteiger partial charge >= 0.3 is 6.18 Å². The summed E-state index contributed by atoms with van der Waals surface area (Å²) in [4.78, 5) is 25.4. The summed E-state index contributed by atoms with van der Waals surface area (Å²) in [6.45, 7) is 4.49. The number of benzene rings is 1. The summed E-state index contributed by atoms with van der Waals surface area (Å²) in [5.41, 5.74) is 2.96. The van der Waals surface area contributed by atoms with Crippen LogP contribution in [-0.2, 0) is 19.4 Å². The minimum atomic E-state index is -4.13. The molecular weight excluding hydrogens is 487 g/mol. The maximum Gasteiger partial charge on any atom is 0.389 e. The Morgan fingerprint density at radius 2 is 1.94 bits per heavy atom. The van der Waals surface area contributed by atoms with Crippen LogP contribution in [0.3, 0.4) is 0 Å². The molecule has 0 atom stereocenters. The molecule has 1 aliphatic carbocycles. The Bertz CT molecular complexity index is 1210. The fourth-order valence-electron chi connectivity index (χ4n) is 5.59. The summed E-state index contributed by atoms with van der Waals surface area (Å²) in [7, 11) is 0. The molecule has 3 aromatic rings. The average Bonchev–Trinajstić information content (AvgIpc) is 3.43. The minimum absolute atomic E-state index is 0.0138. The molecule has 0 saturated heterocycles. The van der Waals surface area contributed by atoms with Crippen LogP contribution in [0.15, 0.2) is 22.6 Å². The van der Waals surface area contributed by atoms with Gasteiger partial charge in [0.05, 0.1) is 16.3 Å². The number of rotatable bonds is 8. The Kier molecular flexibility index (Phi) is 7.49. The minimum Gasteiger partial charge on any atom is -0.440 e. The Morgan fingerprint density at radius 3 is 2.72 bits per heavy atom. The largest absolute Gasteiger partial charge is 0.440 e. The van der Waals surface area contributed by atoms with Gasteiger partial charge in [-0.2, -0.15) is 13.2 Å². The summed E-state index contributed by atoms with van der Waals surface area (Å²) in [5.74, 6) is 1.79. The van der Waals surface area contributed by atoms with Crippen molar-refractivity contribution in [3.05, 3.63) is 45.2 Å². The number of nitrogens with zero attached hydrogens (tertiary/aromatic N) is 3. The third kappa shape index (κ3) is 6.17. The zero-order chi connectivity index (χ0) is 25.3. The fraction of sp³-hybridized carbons (Fsp3) is 0.593. The number of hydrogen-bond acceptors (Lipinski definition) is 6. The molecule has 36 heavy (non-hydrogen) atoms. The van der Waals surface area contributed by atoms with Crippen molar-refractivity contribution in [1.29, 1.82) is 0 Å². The van der Waals surface area contributed by atoms with Gasteiger partial charge in [-0.3, -0.25) is 9.69 Å². The van der Waals surface area contributed by atoms with Gasteiger partial charge in [-0.1, -0.05) is 18.9 Å². The summed E-state index contributed by atoms with van der Waals surface area (Å²) in [6.07, 6.45) is 2.04. The van der Waals surface area contributed by atoms with E-state index in [0.717, 1.165) is 74.2 Å². The predicted octanol–water partition coefficient (Wildman–Crippen LogP) is 6.92. The number of para-hydroxylation sites is 1. The molecule has 194 valence electrons. The Balaban J connectivity index is 1.06. The van der Waals surface area contributed by atoms with Gasteiger partial charge in [0.2, 0.25) is 0 Å². The van der Waals surface area contributed by atoms with Crippen LogP contribution in [0.1, 0.15) is 76.8 Å². The van der Waals surface area contributed by atoms with Crippen LogP contribution >= 0.6 is 11.3 Å². The van der Waals surface area contributed by atoms with E-state index < -0.39 is 12.6 Å². The van der Waals surface area contributed by atoms with Gasteiger partial charge in [0, 0.05) is 44.2 Å². The smallest absolute Gasteiger partial charge is 0.389 e. The second-order valence-electron chi connectivity index (χ2n) is 10.3. The molecule has 3 heterocycles. The van der Waals surface area contributed by atoms with Crippen LogP contribution in [0.5, 0.6) is 0 Å². The first-order chi connectivity index (χ1) is 17.2. The topological polar surface area (TPSA) is 59.2 Å². The highest BCUT2D eigenvalue weighted by molar-refractivity contribution is 7.11. The number of Topliss-reactive ketones (excluding diaryl/α,β-unsaturated/α-hetero) is 1. The number of carbonyl (C=O) groups excluding carboxylic acids is 1. The summed E-state index contributed by atoms with van der Waals surface area (Å²) < 4.78 is 43.3. The third-order valence-corrected chi connectivity index (χ3v) is 8.81. The molecule has 1 fully saturated rings. The number of thiazole rings is 1. The van der Waals surface area contributed by atoms with Gasteiger partial charge in [0.15, 0.2) is 17.3 Å². The molecule has 1 aromatic carbocycles. The van der Waals surface area contributed by atoms with Crippen molar-refractivity contribution in [3.63, 3.8) is 0 Å². The van der Waals surface area contributed by atoms with Crippen LogP contribution in [-0.4, -0.2) is 39.9 Å². The zero-order valence-electron chi connectivity index (χ0n) is 20.6. The van der Waals surface area contributed by atoms with E-state index >= 15 is 0 Å². The highest BCUT2D eigenvalue weighted by Crippen LogP contribution is 2.35. The van der Waals surface area contributed by atoms with Crippen LogP contribution in [0.4, 0.5) is 13.2 Å². The molecule has 5 rings (SSSR count). The van der Waals surface area contributed by atoms with Crippen molar-refractivity contribution in [2.45, 2.75) is 77.4 Å². The number of aromatic nitrogens is 2. The van der Waals surface area contributed by atoms with E-state index in [1.165, 1.54) is 11.3 Å². The average molecular weight is 520 g/mol. The van der Waals surface area contributed by atoms with Crippen molar-refractivity contribution < 1.29 is 22.4 Å². The van der Waals surface area contributed by atoms with E-state index in [2.05, 4.69) is 14.9 Å². The van der Waals surface area contributed by atoms with Crippen molar-refractivity contribution in [1.82, 2.24) is 14.9 Å². The van der Waals surface area contributed by atoms with Gasteiger partial charge < -0.3 is 4.42 Å². The maximum absolute atomic E-state index is 13.0. The summed E-state index contributed by atoms with van der Waals surface area (Å²) in [6, 6.07) is 5.58. The lowest BCUT2D eigenvalue weighted by Gasteiger charge is -2.31. The number of carbonyl (C=O) groups is 1. The molecule has 2 aliphatic rings. The van der Waals surface area contributed by atoms with E-state index in [1.807, 2.05) is 18.2 Å². The molecule has 2 aromatic heterocycles. The molecular formula is C27H32F3N3O2S. The Hall–Kier alpha value is -2.26. The normalized spacial score (nSPS) is 21.1. The second-order valence-corrected chi connectivity index (χ2v) is 11.5. The maximum atomic E-state index is 13.0. The first-order valence-corrected chi connectivity index (χ1v) is 13.7. The number of fused-ring (bicyclic) bond motifs is 2. The summed E-state index contributed by atoms with van der Waals surface area (Å²) >= 11 is 1.45. The van der Waals surface area contributed by atoms with Gasteiger partial charge in [-0.05, 0) is 56.2 Å². The first-order valence-electron chi connectivity index (χ1n) is 12.9. The standard InChI is InChI=1S/C27H32F3N3O2S/c1-17-31-21-4-2-3-20(26(21)35-17)23(34)15-19-7-5-18(6-8-19)10-13-33-14-11-24-22(16-33)32-25(36-24)9-12-27(28,29)30/h2-4,18-19H,5-16H2,1H3. The third-order valence-electron chi connectivity index (χ3n) is 7.59. The van der Waals surface area contributed by atoms with Crippen LogP contribution in [0.25, 0.3) is 11.1 Å². The van der Waals surface area contributed by atoms with Crippen LogP contribution in [0.2, 0.25) is 0 Å². The molecule has 0 radical (unpaired) electrons. The fourth-order valence-corrected chi connectivity index (χ4v) is 6.66. The monoisotopic (exact) mass is 519 g/mol. The van der Waals surface area contributed by atoms with E-state index in [9.17, 15) is 18.0 Å². The van der Waals surface area contributed by atoms with Crippen molar-refractivity contribution in [2.24, 2.45) is 11.8 Å². The lowest BCUT2D eigenvalue weighted by Crippen LogP contribution is -2.32. The van der Waals surface area contributed by atoms with Gasteiger partial charge in [-0.25, -0.2) is 9.97 Å². The van der Waals surface area contributed by atoms with Crippen molar-refractivity contribution in [3.8, 4) is 0 Å². The summed E-state index contributed by atoms with van der Waals surface area (Å²) in [5, 5.41) is 0.613. The number of alkyl halides is 3. The number of aryl methyl sites for hydroxylation is 2. The molecule has 0 unspecified atom stereocenters. The number of oxazole rings is 1. The molecule has 0 amide bonds. The van der Waals surface area contributed by atoms with Gasteiger partial charge in [0.25, 0.3) is 0 Å². The van der Waals surface area contributed by atoms with Crippen LogP contribution in [0, 0.1) is 18.8 Å². The first kappa shape index (κ1) is 25.4. The molecule has 1 aliphatic heterocycles. The molecule has 1 saturated carbocycles. The Morgan fingerprint density at radius 1 is 1.17 bits per heavy atom. The predicted molar refractivity (Wildman–Crippen MR) is 133 cm³/mol. The Labute approximate surface area is 213 Å². The number of ketones is 1. The van der Waals surface area contributed by atoms with E-state index in [-0.39, 0.29) is 12.2 Å². The molecule has 0 bridgehead atoms. The molecule has 9 heteroatoms. The lowest BCUT2D eigenvalue weighted by atomic mass is 9.78. The number of halogens is 3. The molecule has 0 spiro atoms. The highest BCUT2D eigenvalue weighted by atomic mass is 32.1. The SMILES string of the molecule is Cc1nc2cccc(C(=O)CC3CCC(CCN4CCc5sc(CCC(F)(F)F)nc5C4)CC3)c2o1. The molecule has 5 nitrogen and oxygen atoms in total. The van der Waals surface area contributed by atoms with E-state index in [4.69, 9.17) is 4.42 Å². The zero-order valence-corrected chi connectivity index (χ0v) is 21.4. The van der Waals surface area contributed by atoms with E-state index in [1.54, 1.807) is 6.92 Å². The van der Waals surface area contributed by atoms with Gasteiger partial charge in [0.1, 0.15) is 5.52 Å². The molecule has 0 N–H and O–H groups in total. The van der Waals surface area contributed by atoms with Crippen molar-refractivity contribution in [2.75, 3.05) is 13.1 Å². The van der Waals surface area contributed by atoms with Gasteiger partial charge in [-0.15, -0.1) is 11.3 Å². The van der Waals surface area contributed by atoms with E-state index in [0.29, 0.717) is 40.3 Å². The second kappa shape index (κ2) is 10.6. The lowest BCUT2D eigenvalue weighted by molar-refractivity contribution is -0.134. The van der Waals surface area contributed by atoms with Crippen molar-refractivity contribution >= 4 is 28.2 Å². The number of hydrogen-bond donors (Lipinski definition) is 0. The van der Waals surface area contributed by atoms with Crippen LogP contribution < -0.4 is 0 Å².